The van der Waals surface area contributed by atoms with Crippen LogP contribution in [0.15, 0.2) is 5.38 Å². The Morgan fingerprint density at radius 1 is 1.31 bits per heavy atom. The van der Waals surface area contributed by atoms with Gasteiger partial charge in [0.1, 0.15) is 0 Å². The van der Waals surface area contributed by atoms with Crippen LogP contribution in [0.25, 0.3) is 0 Å². The molecule has 0 unspecified atom stereocenters. The van der Waals surface area contributed by atoms with Gasteiger partial charge in [-0.25, -0.2) is 0 Å². The van der Waals surface area contributed by atoms with E-state index in [2.05, 4.69) is 0 Å². The summed E-state index contributed by atoms with van der Waals surface area (Å²) >= 11 is 0.783. The molecule has 7 heteroatoms. The van der Waals surface area contributed by atoms with Crippen LogP contribution in [0.2, 0.25) is 0 Å². The minimum Gasteiger partial charge on any atom is -0.198 e. The fraction of sp³-hybridized carbons (Fsp3) is 0.444. The fourth-order valence-corrected chi connectivity index (χ4v) is 2.10. The van der Waals surface area contributed by atoms with Gasteiger partial charge in [0.25, 0.3) is 0 Å². The quantitative estimate of drug-likeness (QED) is 0.738. The maximum Gasteiger partial charge on any atom is 0.458 e. The van der Waals surface area contributed by atoms with Gasteiger partial charge in [-0.2, -0.15) is 27.2 Å². The highest BCUT2D eigenvalue weighted by Gasteiger charge is 2.59. The predicted molar refractivity (Wildman–Crippen MR) is 48.3 cm³/mol. The van der Waals surface area contributed by atoms with E-state index in [1.54, 1.807) is 6.07 Å². The zero-order valence-electron chi connectivity index (χ0n) is 8.03. The maximum absolute atomic E-state index is 13.0. The maximum atomic E-state index is 13.0. The molecule has 0 aromatic carbocycles. The number of rotatable bonds is 2. The Bertz CT molecular complexity index is 426. The van der Waals surface area contributed by atoms with Crippen LogP contribution < -0.4 is 0 Å². The third-order valence-electron chi connectivity index (χ3n) is 2.05. The molecule has 1 aromatic heterocycles. The highest BCUT2D eigenvalue weighted by Crippen LogP contribution is 2.46. The molecule has 0 N–H and O–H groups in total. The normalized spacial score (nSPS) is 12.6. The number of thiophene rings is 1. The van der Waals surface area contributed by atoms with Crippen molar-refractivity contribution in [3.05, 3.63) is 21.4 Å². The van der Waals surface area contributed by atoms with Crippen molar-refractivity contribution in [2.45, 2.75) is 25.4 Å². The molecule has 1 nitrogen and oxygen atoms in total. The molecule has 1 rings (SSSR count). The highest BCUT2D eigenvalue weighted by atomic mass is 32.1. The molecule has 0 saturated carbocycles. The number of nitriles is 1. The summed E-state index contributed by atoms with van der Waals surface area (Å²) in [5.41, 5.74) is -1.33. The molecule has 0 radical (unpaired) electrons. The van der Waals surface area contributed by atoms with Gasteiger partial charge in [0.15, 0.2) is 0 Å². The van der Waals surface area contributed by atoms with Gasteiger partial charge in [-0.3, -0.25) is 0 Å². The zero-order chi connectivity index (χ0) is 12.6. The van der Waals surface area contributed by atoms with Crippen molar-refractivity contribution < 1.29 is 22.0 Å². The Morgan fingerprint density at radius 2 is 1.88 bits per heavy atom. The SMILES string of the molecule is Cc1scc(C(F)(F)C(F)(F)F)c1CC#N. The molecule has 0 spiro atoms. The Kier molecular flexibility index (Phi) is 3.24. The third kappa shape index (κ3) is 2.02. The van der Waals surface area contributed by atoms with E-state index in [1.165, 1.54) is 6.92 Å². The van der Waals surface area contributed by atoms with E-state index in [4.69, 9.17) is 5.26 Å². The van der Waals surface area contributed by atoms with Crippen molar-refractivity contribution in [3.63, 3.8) is 0 Å². The molecule has 1 aromatic rings. The Labute approximate surface area is 92.1 Å². The van der Waals surface area contributed by atoms with E-state index in [9.17, 15) is 22.0 Å². The monoisotopic (exact) mass is 255 g/mol. The summed E-state index contributed by atoms with van der Waals surface area (Å²) in [4.78, 5) is 0.306. The summed E-state index contributed by atoms with van der Waals surface area (Å²) < 4.78 is 62.4. The van der Waals surface area contributed by atoms with Crippen molar-refractivity contribution in [2.75, 3.05) is 0 Å². The minimum atomic E-state index is -5.63. The van der Waals surface area contributed by atoms with Crippen molar-refractivity contribution in [1.29, 1.82) is 5.26 Å². The summed E-state index contributed by atoms with van der Waals surface area (Å²) in [7, 11) is 0. The first-order valence-corrected chi connectivity index (χ1v) is 4.98. The van der Waals surface area contributed by atoms with Gasteiger partial charge in [0.05, 0.1) is 12.5 Å². The second kappa shape index (κ2) is 4.01. The topological polar surface area (TPSA) is 23.8 Å². The number of nitrogens with zero attached hydrogens (tertiary/aromatic N) is 1. The number of aryl methyl sites for hydroxylation is 1. The smallest absolute Gasteiger partial charge is 0.198 e. The first kappa shape index (κ1) is 12.9. The molecule has 88 valence electrons. The summed E-state index contributed by atoms with van der Waals surface area (Å²) in [5.74, 6) is -4.90. The number of alkyl halides is 5. The van der Waals surface area contributed by atoms with Gasteiger partial charge >= 0.3 is 12.1 Å². The highest BCUT2D eigenvalue weighted by molar-refractivity contribution is 7.10. The van der Waals surface area contributed by atoms with Crippen LogP contribution in [0.1, 0.15) is 16.0 Å². The van der Waals surface area contributed by atoms with Gasteiger partial charge in [-0.15, -0.1) is 11.3 Å². The molecule has 1 heterocycles. The van der Waals surface area contributed by atoms with Gasteiger partial charge in [-0.1, -0.05) is 0 Å². The summed E-state index contributed by atoms with van der Waals surface area (Å²) in [6, 6.07) is 1.58. The van der Waals surface area contributed by atoms with Crippen LogP contribution in [0.5, 0.6) is 0 Å². The Morgan fingerprint density at radius 3 is 2.31 bits per heavy atom. The molecule has 16 heavy (non-hydrogen) atoms. The Balaban J connectivity index is 3.29. The molecular formula is C9H6F5NS. The largest absolute Gasteiger partial charge is 0.458 e. The van der Waals surface area contributed by atoms with E-state index in [0.29, 0.717) is 4.88 Å². The molecule has 0 aliphatic heterocycles. The van der Waals surface area contributed by atoms with E-state index < -0.39 is 24.1 Å². The average Bonchev–Trinajstić information content (AvgIpc) is 2.47. The van der Waals surface area contributed by atoms with E-state index in [1.807, 2.05) is 0 Å². The lowest BCUT2D eigenvalue weighted by atomic mass is 10.0. The zero-order valence-corrected chi connectivity index (χ0v) is 8.85. The molecule has 0 bridgehead atoms. The molecule has 0 aliphatic carbocycles. The first-order chi connectivity index (χ1) is 7.21. The van der Waals surface area contributed by atoms with E-state index in [0.717, 1.165) is 16.7 Å². The number of hydrogen-bond acceptors (Lipinski definition) is 2. The molecule has 0 saturated heterocycles. The van der Waals surface area contributed by atoms with Crippen molar-refractivity contribution >= 4 is 11.3 Å². The molecule has 0 aliphatic rings. The van der Waals surface area contributed by atoms with Gasteiger partial charge in [-0.05, 0) is 12.5 Å². The van der Waals surface area contributed by atoms with Gasteiger partial charge in [0, 0.05) is 15.8 Å². The molecule has 0 amide bonds. The van der Waals surface area contributed by atoms with Crippen LogP contribution in [-0.4, -0.2) is 6.18 Å². The van der Waals surface area contributed by atoms with Crippen molar-refractivity contribution in [3.8, 4) is 6.07 Å². The second-order valence-corrected chi connectivity index (χ2v) is 4.17. The molecular weight excluding hydrogens is 249 g/mol. The minimum absolute atomic E-state index is 0.227. The third-order valence-corrected chi connectivity index (χ3v) is 3.01. The van der Waals surface area contributed by atoms with Crippen molar-refractivity contribution in [2.24, 2.45) is 0 Å². The lowest BCUT2D eigenvalue weighted by Crippen LogP contribution is -2.34. The van der Waals surface area contributed by atoms with Crippen LogP contribution >= 0.6 is 11.3 Å². The standard InChI is InChI=1S/C9H6F5NS/c1-5-6(2-3-15)7(4-16-5)8(10,11)9(12,13)14/h4H,2H2,1H3. The second-order valence-electron chi connectivity index (χ2n) is 3.09. The van der Waals surface area contributed by atoms with Crippen molar-refractivity contribution in [1.82, 2.24) is 0 Å². The van der Waals surface area contributed by atoms with E-state index in [-0.39, 0.29) is 5.56 Å². The van der Waals surface area contributed by atoms with Crippen LogP contribution in [0.4, 0.5) is 22.0 Å². The Hall–Kier alpha value is -1.16. The van der Waals surface area contributed by atoms with E-state index >= 15 is 0 Å². The van der Waals surface area contributed by atoms with Crippen LogP contribution in [0, 0.1) is 18.3 Å². The summed E-state index contributed by atoms with van der Waals surface area (Å²) in [6.45, 7) is 1.41. The summed E-state index contributed by atoms with van der Waals surface area (Å²) in [6.07, 6.45) is -6.08. The molecule has 0 fully saturated rings. The van der Waals surface area contributed by atoms with Crippen LogP contribution in [0.3, 0.4) is 0 Å². The fourth-order valence-electron chi connectivity index (χ4n) is 1.19. The molecule has 0 atom stereocenters. The van der Waals surface area contributed by atoms with Gasteiger partial charge in [0.2, 0.25) is 0 Å². The lowest BCUT2D eigenvalue weighted by molar-refractivity contribution is -0.289. The predicted octanol–water partition coefficient (Wildman–Crippen LogP) is 3.78. The number of halogens is 5. The number of hydrogen-bond donors (Lipinski definition) is 0. The van der Waals surface area contributed by atoms with Gasteiger partial charge < -0.3 is 0 Å². The van der Waals surface area contributed by atoms with Crippen LogP contribution in [-0.2, 0) is 12.3 Å². The first-order valence-electron chi connectivity index (χ1n) is 4.10. The summed E-state index contributed by atoms with van der Waals surface area (Å²) in [5, 5.41) is 9.14. The lowest BCUT2D eigenvalue weighted by Gasteiger charge is -2.19. The average molecular weight is 255 g/mol.